The SMILES string of the molecule is Cc1ccc(-n2cn[nH]c2=O)c(C#CCN)c1. The summed E-state index contributed by atoms with van der Waals surface area (Å²) in [6, 6.07) is 5.67. The molecule has 0 amide bonds. The van der Waals surface area contributed by atoms with Gasteiger partial charge in [0.25, 0.3) is 0 Å². The van der Waals surface area contributed by atoms with Crippen LogP contribution in [0.4, 0.5) is 0 Å². The zero-order chi connectivity index (χ0) is 12.3. The van der Waals surface area contributed by atoms with E-state index in [1.54, 1.807) is 0 Å². The van der Waals surface area contributed by atoms with Crippen molar-refractivity contribution in [2.24, 2.45) is 5.73 Å². The van der Waals surface area contributed by atoms with E-state index in [0.717, 1.165) is 11.1 Å². The van der Waals surface area contributed by atoms with Crippen LogP contribution in [0.5, 0.6) is 0 Å². The zero-order valence-electron chi connectivity index (χ0n) is 9.40. The minimum atomic E-state index is -0.287. The summed E-state index contributed by atoms with van der Waals surface area (Å²) in [6.07, 6.45) is 1.43. The van der Waals surface area contributed by atoms with Crippen molar-refractivity contribution in [3.05, 3.63) is 46.1 Å². The molecule has 0 unspecified atom stereocenters. The van der Waals surface area contributed by atoms with Crippen LogP contribution in [0.2, 0.25) is 0 Å². The Morgan fingerprint density at radius 1 is 1.53 bits per heavy atom. The van der Waals surface area contributed by atoms with Gasteiger partial charge in [-0.3, -0.25) is 0 Å². The van der Waals surface area contributed by atoms with Crippen LogP contribution in [0.3, 0.4) is 0 Å². The van der Waals surface area contributed by atoms with Gasteiger partial charge in [0.05, 0.1) is 12.2 Å². The van der Waals surface area contributed by atoms with Crippen molar-refractivity contribution < 1.29 is 0 Å². The van der Waals surface area contributed by atoms with Crippen LogP contribution >= 0.6 is 0 Å². The number of hydrogen-bond acceptors (Lipinski definition) is 3. The van der Waals surface area contributed by atoms with Gasteiger partial charge in [0, 0.05) is 5.56 Å². The molecular formula is C12H12N4O. The van der Waals surface area contributed by atoms with E-state index in [1.807, 2.05) is 25.1 Å². The fourth-order valence-corrected chi connectivity index (χ4v) is 1.53. The smallest absolute Gasteiger partial charge is 0.320 e. The third-order valence-electron chi connectivity index (χ3n) is 2.29. The highest BCUT2D eigenvalue weighted by Crippen LogP contribution is 2.13. The third kappa shape index (κ3) is 2.27. The first kappa shape index (κ1) is 11.2. The number of hydrogen-bond donors (Lipinski definition) is 2. The molecule has 2 aromatic rings. The molecule has 0 fully saturated rings. The summed E-state index contributed by atoms with van der Waals surface area (Å²) >= 11 is 0. The van der Waals surface area contributed by atoms with Crippen LogP contribution in [0, 0.1) is 18.8 Å². The Labute approximate surface area is 98.3 Å². The number of nitrogens with one attached hydrogen (secondary N) is 1. The average Bonchev–Trinajstić information content (AvgIpc) is 2.73. The Morgan fingerprint density at radius 3 is 3.00 bits per heavy atom. The predicted molar refractivity (Wildman–Crippen MR) is 64.9 cm³/mol. The summed E-state index contributed by atoms with van der Waals surface area (Å²) in [6.45, 7) is 2.25. The highest BCUT2D eigenvalue weighted by Gasteiger charge is 2.05. The minimum Gasteiger partial charge on any atom is -0.320 e. The molecule has 0 bridgehead atoms. The standard InChI is InChI=1S/C12H12N4O/c1-9-4-5-11(10(7-9)3-2-6-13)16-8-14-15-12(16)17/h4-5,7-8H,6,13H2,1H3,(H,15,17). The molecule has 0 aliphatic carbocycles. The molecule has 0 radical (unpaired) electrons. The van der Waals surface area contributed by atoms with Gasteiger partial charge in [-0.05, 0) is 24.6 Å². The maximum atomic E-state index is 11.5. The molecule has 0 saturated heterocycles. The first-order valence-electron chi connectivity index (χ1n) is 5.14. The summed E-state index contributed by atoms with van der Waals surface area (Å²) in [7, 11) is 0. The maximum absolute atomic E-state index is 11.5. The number of rotatable bonds is 1. The van der Waals surface area contributed by atoms with Crippen LogP contribution in [0.15, 0.2) is 29.3 Å². The Bertz CT molecular complexity index is 642. The summed E-state index contributed by atoms with van der Waals surface area (Å²) in [4.78, 5) is 11.5. The van der Waals surface area contributed by atoms with E-state index in [2.05, 4.69) is 22.0 Å². The van der Waals surface area contributed by atoms with Gasteiger partial charge >= 0.3 is 5.69 Å². The lowest BCUT2D eigenvalue weighted by Gasteiger charge is -2.04. The molecule has 2 rings (SSSR count). The van der Waals surface area contributed by atoms with Crippen LogP contribution in [-0.2, 0) is 0 Å². The van der Waals surface area contributed by atoms with Crippen LogP contribution in [0.25, 0.3) is 5.69 Å². The number of nitrogens with zero attached hydrogens (tertiary/aromatic N) is 2. The molecule has 1 heterocycles. The predicted octanol–water partition coefficient (Wildman–Crippen LogP) is 0.179. The lowest BCUT2D eigenvalue weighted by atomic mass is 10.1. The fourth-order valence-electron chi connectivity index (χ4n) is 1.53. The zero-order valence-corrected chi connectivity index (χ0v) is 9.40. The van der Waals surface area contributed by atoms with Crippen LogP contribution in [-0.4, -0.2) is 21.3 Å². The second kappa shape index (κ2) is 4.68. The highest BCUT2D eigenvalue weighted by molar-refractivity contribution is 5.52. The maximum Gasteiger partial charge on any atom is 0.347 e. The van der Waals surface area contributed by atoms with Gasteiger partial charge in [-0.15, -0.1) is 0 Å². The first-order chi connectivity index (χ1) is 8.22. The number of aryl methyl sites for hydroxylation is 1. The normalized spacial score (nSPS) is 9.76. The molecule has 1 aromatic heterocycles. The summed E-state index contributed by atoms with van der Waals surface area (Å²) in [5.74, 6) is 5.74. The van der Waals surface area contributed by atoms with Crippen molar-refractivity contribution in [2.45, 2.75) is 6.92 Å². The second-order valence-corrected chi connectivity index (χ2v) is 3.56. The monoisotopic (exact) mass is 228 g/mol. The highest BCUT2D eigenvalue weighted by atomic mass is 16.1. The van der Waals surface area contributed by atoms with E-state index in [9.17, 15) is 4.79 Å². The van der Waals surface area contributed by atoms with E-state index < -0.39 is 0 Å². The summed E-state index contributed by atoms with van der Waals surface area (Å²) in [5.41, 5.74) is 7.61. The van der Waals surface area contributed by atoms with Crippen molar-refractivity contribution in [3.8, 4) is 17.5 Å². The summed E-state index contributed by atoms with van der Waals surface area (Å²) in [5, 5.41) is 6.04. The Kier molecular flexibility index (Phi) is 3.08. The molecule has 0 atom stereocenters. The molecule has 0 saturated carbocycles. The number of aromatic amines is 1. The minimum absolute atomic E-state index is 0.285. The molecular weight excluding hydrogens is 216 g/mol. The van der Waals surface area contributed by atoms with Crippen molar-refractivity contribution in [2.75, 3.05) is 6.54 Å². The number of aromatic nitrogens is 3. The van der Waals surface area contributed by atoms with Crippen LogP contribution in [0.1, 0.15) is 11.1 Å². The van der Waals surface area contributed by atoms with Crippen LogP contribution < -0.4 is 11.4 Å². The van der Waals surface area contributed by atoms with E-state index in [1.165, 1.54) is 10.9 Å². The molecule has 3 N–H and O–H groups in total. The van der Waals surface area contributed by atoms with Gasteiger partial charge in [0.1, 0.15) is 6.33 Å². The van der Waals surface area contributed by atoms with Crippen molar-refractivity contribution in [3.63, 3.8) is 0 Å². The molecule has 1 aromatic carbocycles. The second-order valence-electron chi connectivity index (χ2n) is 3.56. The van der Waals surface area contributed by atoms with E-state index in [4.69, 9.17) is 5.73 Å². The third-order valence-corrected chi connectivity index (χ3v) is 2.29. The van der Waals surface area contributed by atoms with Gasteiger partial charge in [0.15, 0.2) is 0 Å². The molecule has 5 heteroatoms. The van der Waals surface area contributed by atoms with Gasteiger partial charge in [-0.2, -0.15) is 5.10 Å². The summed E-state index contributed by atoms with van der Waals surface area (Å²) < 4.78 is 1.42. The first-order valence-corrected chi connectivity index (χ1v) is 5.14. The van der Waals surface area contributed by atoms with E-state index in [-0.39, 0.29) is 12.2 Å². The molecule has 86 valence electrons. The molecule has 0 aliphatic heterocycles. The fraction of sp³-hybridized carbons (Fsp3) is 0.167. The number of H-pyrrole nitrogens is 1. The van der Waals surface area contributed by atoms with Crippen molar-refractivity contribution in [1.29, 1.82) is 0 Å². The largest absolute Gasteiger partial charge is 0.347 e. The Hall–Kier alpha value is -2.32. The average molecular weight is 228 g/mol. The van der Waals surface area contributed by atoms with Gasteiger partial charge in [-0.25, -0.2) is 14.5 Å². The Balaban J connectivity index is 2.62. The van der Waals surface area contributed by atoms with E-state index in [0.29, 0.717) is 5.69 Å². The number of benzene rings is 1. The van der Waals surface area contributed by atoms with Gasteiger partial charge in [0.2, 0.25) is 0 Å². The molecule has 5 nitrogen and oxygen atoms in total. The van der Waals surface area contributed by atoms with Crippen molar-refractivity contribution in [1.82, 2.24) is 14.8 Å². The van der Waals surface area contributed by atoms with Crippen molar-refractivity contribution >= 4 is 0 Å². The molecule has 0 aliphatic rings. The number of nitrogens with two attached hydrogens (primary N) is 1. The topological polar surface area (TPSA) is 76.7 Å². The molecule has 17 heavy (non-hydrogen) atoms. The lowest BCUT2D eigenvalue weighted by molar-refractivity contribution is 0.978. The van der Waals surface area contributed by atoms with Gasteiger partial charge in [-0.1, -0.05) is 17.9 Å². The quantitative estimate of drug-likeness (QED) is 0.683. The van der Waals surface area contributed by atoms with E-state index >= 15 is 0 Å². The lowest BCUT2D eigenvalue weighted by Crippen LogP contribution is -2.15. The Morgan fingerprint density at radius 2 is 2.35 bits per heavy atom. The van der Waals surface area contributed by atoms with Gasteiger partial charge < -0.3 is 5.73 Å². The molecule has 0 spiro atoms.